The standard InChI is InChI=1S/C9H13.4ClH.Ta/c1-6-5-7(2)9(4)8(6)3;;;;;/h5H,1-4H3;4*1H;/q-1;;;;;+4/p-4. The topological polar surface area (TPSA) is 0 Å². The van der Waals surface area contributed by atoms with Crippen molar-refractivity contribution in [1.82, 2.24) is 0 Å². The van der Waals surface area contributed by atoms with Crippen LogP contribution in [0.3, 0.4) is 0 Å². The van der Waals surface area contributed by atoms with Crippen LogP contribution in [0.5, 0.6) is 0 Å². The summed E-state index contributed by atoms with van der Waals surface area (Å²) in [6.07, 6.45) is 0. The molecule has 1 rings (SSSR count). The van der Waals surface area contributed by atoms with Gasteiger partial charge in [0.25, 0.3) is 0 Å². The third-order valence-corrected chi connectivity index (χ3v) is 2.18. The molecule has 0 radical (unpaired) electrons. The monoisotopic (exact) mass is 442 g/mol. The Bertz CT molecular complexity index is 270. The quantitative estimate of drug-likeness (QED) is 0.471. The summed E-state index contributed by atoms with van der Waals surface area (Å²) >= 11 is -3.33. The number of rotatable bonds is 0. The van der Waals surface area contributed by atoms with Crippen molar-refractivity contribution in [1.29, 1.82) is 0 Å². The van der Waals surface area contributed by atoms with E-state index in [0.29, 0.717) is 0 Å². The summed E-state index contributed by atoms with van der Waals surface area (Å²) in [7, 11) is 20.2. The summed E-state index contributed by atoms with van der Waals surface area (Å²) < 4.78 is 0. The van der Waals surface area contributed by atoms with Gasteiger partial charge in [0, 0.05) is 0 Å². The van der Waals surface area contributed by atoms with Crippen LogP contribution in [0, 0.1) is 27.7 Å². The minimum atomic E-state index is -3.33. The van der Waals surface area contributed by atoms with Crippen molar-refractivity contribution in [2.75, 3.05) is 0 Å². The van der Waals surface area contributed by atoms with E-state index >= 15 is 0 Å². The van der Waals surface area contributed by atoms with Crippen molar-refractivity contribution in [3.8, 4) is 0 Å². The van der Waals surface area contributed by atoms with Gasteiger partial charge in [-0.2, -0.15) is 28.3 Å². The molecule has 0 aromatic heterocycles. The van der Waals surface area contributed by atoms with Gasteiger partial charge in [0.1, 0.15) is 0 Å². The van der Waals surface area contributed by atoms with E-state index in [1.807, 2.05) is 0 Å². The van der Waals surface area contributed by atoms with Gasteiger partial charge in [-0.25, -0.2) is 0 Å². The summed E-state index contributed by atoms with van der Waals surface area (Å²) in [5.41, 5.74) is 5.75. The Morgan fingerprint density at radius 3 is 1.07 bits per heavy atom. The van der Waals surface area contributed by atoms with E-state index < -0.39 is 12.8 Å². The van der Waals surface area contributed by atoms with Crippen LogP contribution in [0.4, 0.5) is 0 Å². The Hall–Kier alpha value is 1.25. The normalized spacial score (nSPS) is 10.9. The zero-order chi connectivity index (χ0) is 11.5. The fraction of sp³-hybridized carbons (Fsp3) is 0.444. The molecule has 0 saturated heterocycles. The first-order valence-corrected chi connectivity index (χ1v) is 19.9. The average molecular weight is 444 g/mol. The molecular weight excluding hydrogens is 431 g/mol. The van der Waals surface area contributed by atoms with Crippen LogP contribution in [0.25, 0.3) is 0 Å². The molecule has 0 spiro atoms. The molecule has 83 valence electrons. The molecule has 0 unspecified atom stereocenters. The van der Waals surface area contributed by atoms with E-state index in [0.717, 1.165) is 0 Å². The first-order valence-electron chi connectivity index (χ1n) is 4.00. The molecule has 0 aliphatic rings. The second-order valence-electron chi connectivity index (χ2n) is 3.14. The molecule has 14 heavy (non-hydrogen) atoms. The van der Waals surface area contributed by atoms with Gasteiger partial charge >= 0.3 is 49.6 Å². The molecule has 0 nitrogen and oxygen atoms in total. The van der Waals surface area contributed by atoms with Crippen LogP contribution in [-0.2, 0) is 12.8 Å². The Labute approximate surface area is 105 Å². The van der Waals surface area contributed by atoms with Crippen molar-refractivity contribution < 1.29 is 12.8 Å². The van der Waals surface area contributed by atoms with E-state index in [-0.39, 0.29) is 0 Å². The molecule has 1 aromatic rings. The number of halogens is 4. The third kappa shape index (κ3) is 6.68. The van der Waals surface area contributed by atoms with Crippen LogP contribution >= 0.6 is 36.8 Å². The van der Waals surface area contributed by atoms with Gasteiger partial charge in [-0.1, -0.05) is 27.7 Å². The second-order valence-corrected chi connectivity index (χ2v) is 31.0. The fourth-order valence-electron chi connectivity index (χ4n) is 1.13. The van der Waals surface area contributed by atoms with Crippen LogP contribution < -0.4 is 0 Å². The molecule has 0 atom stereocenters. The van der Waals surface area contributed by atoms with Crippen molar-refractivity contribution in [2.45, 2.75) is 27.7 Å². The van der Waals surface area contributed by atoms with Gasteiger partial charge in [-0.3, -0.25) is 0 Å². The molecule has 0 aliphatic heterocycles. The average Bonchev–Trinajstić information content (AvgIpc) is 2.14. The molecule has 0 N–H and O–H groups in total. The van der Waals surface area contributed by atoms with Gasteiger partial charge < -0.3 is 0 Å². The van der Waals surface area contributed by atoms with E-state index in [4.69, 9.17) is 36.8 Å². The van der Waals surface area contributed by atoms with Crippen molar-refractivity contribution >= 4 is 36.8 Å². The maximum absolute atomic E-state index is 5.04. The van der Waals surface area contributed by atoms with Crippen LogP contribution in [0.15, 0.2) is 6.07 Å². The first kappa shape index (κ1) is 15.3. The molecule has 0 fully saturated rings. The Balaban J connectivity index is 0.000000292. The molecule has 0 bridgehead atoms. The van der Waals surface area contributed by atoms with Crippen LogP contribution in [0.2, 0.25) is 0 Å². The SMILES string of the molecule is Cc1[cH-]c(C)c(C)c1C.[Cl][Ta]([Cl])([Cl])[Cl]. The van der Waals surface area contributed by atoms with Crippen LogP contribution in [0.1, 0.15) is 22.3 Å². The number of aryl methyl sites for hydroxylation is 2. The summed E-state index contributed by atoms with van der Waals surface area (Å²) in [6, 6.07) is 2.24. The van der Waals surface area contributed by atoms with E-state index in [2.05, 4.69) is 33.8 Å². The zero-order valence-corrected chi connectivity index (χ0v) is 14.8. The summed E-state index contributed by atoms with van der Waals surface area (Å²) in [5.74, 6) is 0. The zero-order valence-electron chi connectivity index (χ0n) is 8.54. The van der Waals surface area contributed by atoms with Crippen molar-refractivity contribution in [3.63, 3.8) is 0 Å². The minimum absolute atomic E-state index is 1.42. The third-order valence-electron chi connectivity index (χ3n) is 2.18. The van der Waals surface area contributed by atoms with Gasteiger partial charge in [-0.15, -0.1) is 0 Å². The molecule has 0 aliphatic carbocycles. The van der Waals surface area contributed by atoms with Crippen molar-refractivity contribution in [3.05, 3.63) is 28.3 Å². The number of hydrogen-bond donors (Lipinski definition) is 0. The summed E-state index contributed by atoms with van der Waals surface area (Å²) in [4.78, 5) is 0. The van der Waals surface area contributed by atoms with E-state index in [9.17, 15) is 0 Å². The molecule has 1 aromatic carbocycles. The molecular formula is C9H13Cl4Ta-. The predicted molar refractivity (Wildman–Crippen MR) is 64.4 cm³/mol. The van der Waals surface area contributed by atoms with E-state index in [1.165, 1.54) is 22.3 Å². The molecule has 0 amide bonds. The summed E-state index contributed by atoms with van der Waals surface area (Å²) in [6.45, 7) is 8.68. The Morgan fingerprint density at radius 2 is 1.00 bits per heavy atom. The second kappa shape index (κ2) is 6.10. The van der Waals surface area contributed by atoms with E-state index in [1.54, 1.807) is 0 Å². The van der Waals surface area contributed by atoms with Gasteiger partial charge in [0.15, 0.2) is 0 Å². The molecule has 0 saturated carbocycles. The summed E-state index contributed by atoms with van der Waals surface area (Å²) in [5, 5.41) is 0. The molecule has 0 heterocycles. The maximum atomic E-state index is 5.04. The van der Waals surface area contributed by atoms with Crippen molar-refractivity contribution in [2.24, 2.45) is 0 Å². The van der Waals surface area contributed by atoms with Gasteiger partial charge in [-0.05, 0) is 0 Å². The van der Waals surface area contributed by atoms with Gasteiger partial charge in [0.2, 0.25) is 0 Å². The fourth-order valence-corrected chi connectivity index (χ4v) is 1.13. The Kier molecular flexibility index (Phi) is 6.65. The van der Waals surface area contributed by atoms with Crippen LogP contribution in [-0.4, -0.2) is 0 Å². The first-order chi connectivity index (χ1) is 6.13. The number of hydrogen-bond acceptors (Lipinski definition) is 0. The predicted octanol–water partition coefficient (Wildman–Crippen LogP) is 5.39. The molecule has 5 heteroatoms. The Morgan fingerprint density at radius 1 is 0.786 bits per heavy atom. The van der Waals surface area contributed by atoms with Gasteiger partial charge in [0.05, 0.1) is 0 Å².